The van der Waals surface area contributed by atoms with E-state index in [1.807, 2.05) is 0 Å². The van der Waals surface area contributed by atoms with Gasteiger partial charge in [0.1, 0.15) is 5.75 Å². The molecule has 0 bridgehead atoms. The highest BCUT2D eigenvalue weighted by Gasteiger charge is 1.96. The van der Waals surface area contributed by atoms with Crippen molar-refractivity contribution in [2.45, 2.75) is 0 Å². The first-order chi connectivity index (χ1) is 7.15. The molecule has 0 atom stereocenters. The highest BCUT2D eigenvalue weighted by molar-refractivity contribution is 9.10. The van der Waals surface area contributed by atoms with Gasteiger partial charge in [-0.15, -0.1) is 0 Å². The van der Waals surface area contributed by atoms with E-state index in [4.69, 9.17) is 19.8 Å². The van der Waals surface area contributed by atoms with Crippen LogP contribution in [0.2, 0.25) is 5.02 Å². The molecule has 54 valence electrons. The van der Waals surface area contributed by atoms with Crippen molar-refractivity contribution >= 4 is 27.5 Å². The van der Waals surface area contributed by atoms with Gasteiger partial charge in [0, 0.05) is 4.47 Å². The lowest BCUT2D eigenvalue weighted by Crippen LogP contribution is -1.81. The Balaban J connectivity index is 3.40. The maximum absolute atomic E-state index is 7.54. The van der Waals surface area contributed by atoms with Crippen molar-refractivity contribution in [3.63, 3.8) is 0 Å². The maximum Gasteiger partial charge on any atom is 0.120 e. The average Bonchev–Trinajstić information content (AvgIpc) is 2.17. The molecule has 0 aliphatic carbocycles. The number of hydrogen-bond donors (Lipinski definition) is 0. The fraction of sp³-hybridized carbons (Fsp3) is 0.143. The Bertz CT molecular complexity index is 403. The molecule has 1 aromatic carbocycles. The Hall–Kier alpha value is -0.210. The summed E-state index contributed by atoms with van der Waals surface area (Å²) in [5, 5.41) is -0.118. The Morgan fingerprint density at radius 2 is 2.60 bits per heavy atom. The normalized spacial score (nSPS) is 19.4. The minimum absolute atomic E-state index is 0.0365. The molecule has 0 aliphatic heterocycles. The van der Waals surface area contributed by atoms with E-state index in [0.29, 0.717) is 0 Å². The van der Waals surface area contributed by atoms with Crippen LogP contribution in [0.5, 0.6) is 5.75 Å². The molecule has 0 radical (unpaired) electrons. The molecule has 0 saturated carbocycles. The van der Waals surface area contributed by atoms with Crippen LogP contribution in [0.25, 0.3) is 0 Å². The van der Waals surface area contributed by atoms with Crippen molar-refractivity contribution in [2.75, 3.05) is 7.04 Å². The second kappa shape index (κ2) is 3.26. The molecule has 1 aromatic rings. The fourth-order valence-electron chi connectivity index (χ4n) is 0.403. The van der Waals surface area contributed by atoms with E-state index in [1.165, 1.54) is 0 Å². The highest BCUT2D eigenvalue weighted by atomic mass is 79.9. The fourth-order valence-corrected chi connectivity index (χ4v) is 0.777. The van der Waals surface area contributed by atoms with Crippen molar-refractivity contribution in [1.29, 1.82) is 0 Å². The molecule has 0 aromatic heterocycles. The summed E-state index contributed by atoms with van der Waals surface area (Å²) in [5.74, 6) is -0.485. The van der Waals surface area contributed by atoms with Gasteiger partial charge in [0.25, 0.3) is 0 Å². The van der Waals surface area contributed by atoms with Gasteiger partial charge in [-0.25, -0.2) is 0 Å². The van der Waals surface area contributed by atoms with Crippen molar-refractivity contribution < 1.29 is 13.0 Å². The van der Waals surface area contributed by atoms with Gasteiger partial charge in [0.15, 0.2) is 0 Å². The Morgan fingerprint density at radius 3 is 3.30 bits per heavy atom. The number of rotatable bonds is 1. The Kier molecular flexibility index (Phi) is 0.989. The second-order valence-corrected chi connectivity index (χ2v) is 2.61. The number of methoxy groups -OCH3 is 1. The van der Waals surface area contributed by atoms with Gasteiger partial charge in [-0.2, -0.15) is 0 Å². The predicted molar refractivity (Wildman–Crippen MR) is 45.7 cm³/mol. The third-order valence-electron chi connectivity index (χ3n) is 0.804. The van der Waals surface area contributed by atoms with E-state index < -0.39 is 18.8 Å². The first-order valence-corrected chi connectivity index (χ1v) is 3.46. The van der Waals surface area contributed by atoms with Gasteiger partial charge in [0.2, 0.25) is 0 Å². The molecule has 3 heteroatoms. The number of ether oxygens (including phenoxy) is 1. The van der Waals surface area contributed by atoms with Gasteiger partial charge in [-0.3, -0.25) is 0 Å². The summed E-state index contributed by atoms with van der Waals surface area (Å²) < 4.78 is 47.7. The largest absolute Gasteiger partial charge is 0.497 e. The molecule has 0 saturated heterocycles. The second-order valence-electron chi connectivity index (χ2n) is 1.43. The van der Waals surface area contributed by atoms with Crippen LogP contribution < -0.4 is 4.74 Å². The highest BCUT2D eigenvalue weighted by Crippen LogP contribution is 2.26. The first kappa shape index (κ1) is 3.03. The summed E-state index contributed by atoms with van der Waals surface area (Å²) in [4.78, 5) is 0. The minimum Gasteiger partial charge on any atom is -0.497 e. The van der Waals surface area contributed by atoms with E-state index in [9.17, 15) is 0 Å². The van der Waals surface area contributed by atoms with E-state index >= 15 is 0 Å². The molecule has 1 nitrogen and oxygen atoms in total. The van der Waals surface area contributed by atoms with Crippen LogP contribution in [0.15, 0.2) is 22.6 Å². The Labute approximate surface area is 81.5 Å². The SMILES string of the molecule is [2H]c1c([2H])c(OC([2H])([2H])[2H])c([2H])c(Br)c1Cl. The summed E-state index contributed by atoms with van der Waals surface area (Å²) >= 11 is 8.60. The molecule has 0 unspecified atom stereocenters. The summed E-state index contributed by atoms with van der Waals surface area (Å²) in [6, 6.07) is -1.26. The summed E-state index contributed by atoms with van der Waals surface area (Å²) in [6.07, 6.45) is 0. The molecule has 0 heterocycles. The van der Waals surface area contributed by atoms with Crippen LogP contribution >= 0.6 is 27.5 Å². The topological polar surface area (TPSA) is 9.23 Å². The molecule has 0 amide bonds. The van der Waals surface area contributed by atoms with Crippen LogP contribution in [0, 0.1) is 0 Å². The summed E-state index contributed by atoms with van der Waals surface area (Å²) in [6.45, 7) is 0. The minimum atomic E-state index is -2.77. The molecule has 0 N–H and O–H groups in total. The zero-order valence-corrected chi connectivity index (χ0v) is 7.01. The summed E-state index contributed by atoms with van der Waals surface area (Å²) in [7, 11) is -2.77. The van der Waals surface area contributed by atoms with Gasteiger partial charge in [-0.05, 0) is 34.1 Å². The van der Waals surface area contributed by atoms with E-state index in [-0.39, 0.29) is 21.6 Å². The van der Waals surface area contributed by atoms with E-state index in [0.717, 1.165) is 0 Å². The first-order valence-electron chi connectivity index (χ1n) is 5.29. The molecule has 1 rings (SSSR count). The standard InChI is InChI=1S/C7H6BrClO/c1-10-5-2-3-7(9)6(8)4-5/h2-4H,1H3/i1D3,2D,3D,4D. The van der Waals surface area contributed by atoms with E-state index in [2.05, 4.69) is 20.7 Å². The third kappa shape index (κ3) is 1.64. The molecular weight excluding hydrogens is 215 g/mol. The molecular formula is C7H6BrClO. The van der Waals surface area contributed by atoms with Crippen LogP contribution in [0.4, 0.5) is 0 Å². The number of benzene rings is 1. The molecule has 10 heavy (non-hydrogen) atoms. The van der Waals surface area contributed by atoms with Crippen LogP contribution in [0.1, 0.15) is 8.22 Å². The molecule has 0 aliphatic rings. The number of hydrogen-bond acceptors (Lipinski definition) is 1. The van der Waals surface area contributed by atoms with Gasteiger partial charge in [-0.1, -0.05) is 11.6 Å². The lowest BCUT2D eigenvalue weighted by molar-refractivity contribution is 0.414. The zero-order chi connectivity index (χ0) is 12.7. The smallest absolute Gasteiger partial charge is 0.120 e. The average molecular weight is 228 g/mol. The lowest BCUT2D eigenvalue weighted by atomic mass is 10.3. The zero-order valence-electron chi connectivity index (χ0n) is 10.7. The van der Waals surface area contributed by atoms with Gasteiger partial charge in [0.05, 0.1) is 20.3 Å². The van der Waals surface area contributed by atoms with Crippen molar-refractivity contribution in [3.05, 3.63) is 27.6 Å². The lowest BCUT2D eigenvalue weighted by Gasteiger charge is -1.99. The third-order valence-corrected chi connectivity index (χ3v) is 1.91. The maximum atomic E-state index is 7.54. The van der Waals surface area contributed by atoms with Gasteiger partial charge >= 0.3 is 0 Å². The van der Waals surface area contributed by atoms with Crippen LogP contribution in [-0.2, 0) is 0 Å². The van der Waals surface area contributed by atoms with Crippen molar-refractivity contribution in [2.24, 2.45) is 0 Å². The number of halogens is 2. The quantitative estimate of drug-likeness (QED) is 0.716. The summed E-state index contributed by atoms with van der Waals surface area (Å²) in [5.41, 5.74) is 0. The molecule has 0 spiro atoms. The van der Waals surface area contributed by atoms with Crippen molar-refractivity contribution in [1.82, 2.24) is 0 Å². The van der Waals surface area contributed by atoms with Crippen LogP contribution in [0.3, 0.4) is 0 Å². The van der Waals surface area contributed by atoms with Crippen LogP contribution in [-0.4, -0.2) is 7.04 Å². The van der Waals surface area contributed by atoms with Gasteiger partial charge < -0.3 is 4.74 Å². The monoisotopic (exact) mass is 226 g/mol. The predicted octanol–water partition coefficient (Wildman–Crippen LogP) is 3.11. The Morgan fingerprint density at radius 1 is 1.80 bits per heavy atom. The molecule has 0 fully saturated rings. The van der Waals surface area contributed by atoms with Crippen molar-refractivity contribution in [3.8, 4) is 5.75 Å². The van der Waals surface area contributed by atoms with E-state index in [1.54, 1.807) is 0 Å².